The molecule has 1 unspecified atom stereocenters. The molecule has 0 radical (unpaired) electrons. The first-order chi connectivity index (χ1) is 28.0. The smallest absolute Gasteiger partial charge is 0.330 e. The van der Waals surface area contributed by atoms with E-state index in [0.29, 0.717) is 64.6 Å². The molecule has 0 heterocycles. The van der Waals surface area contributed by atoms with Gasteiger partial charge in [-0.25, -0.2) is 0 Å². The molecule has 0 rings (SSSR count). The Morgan fingerprint density at radius 2 is 0.780 bits per heavy atom. The van der Waals surface area contributed by atoms with E-state index in [2.05, 4.69) is 37.2 Å². The van der Waals surface area contributed by atoms with Crippen LogP contribution in [0.5, 0.6) is 0 Å². The van der Waals surface area contributed by atoms with Gasteiger partial charge in [0.1, 0.15) is 0 Å². The summed E-state index contributed by atoms with van der Waals surface area (Å²) in [5.41, 5.74) is 0. The minimum absolute atomic E-state index is 0.0443. The third-order valence-electron chi connectivity index (χ3n) is 7.35. The fourth-order valence-corrected chi connectivity index (χ4v) is 9.53. The summed E-state index contributed by atoms with van der Waals surface area (Å²) in [6.07, 6.45) is 10.9. The molecule has 5 N–H and O–H groups in total. The number of nitrogens with one attached hydrogen (secondary N) is 4. The molecule has 0 aromatic heterocycles. The lowest BCUT2D eigenvalue weighted by atomic mass is 10.3. The van der Waals surface area contributed by atoms with Crippen molar-refractivity contribution < 1.29 is 50.8 Å². The lowest BCUT2D eigenvalue weighted by Crippen LogP contribution is -2.23. The van der Waals surface area contributed by atoms with E-state index in [4.69, 9.17) is 47.1 Å². The van der Waals surface area contributed by atoms with Crippen LogP contribution in [0, 0.1) is 0 Å². The highest BCUT2D eigenvalue weighted by Crippen LogP contribution is 2.49. The topological polar surface area (TPSA) is 200 Å². The molecule has 0 saturated carbocycles. The highest BCUT2D eigenvalue weighted by molar-refractivity contribution is 9.09. The zero-order chi connectivity index (χ0) is 45.9. The van der Waals surface area contributed by atoms with Gasteiger partial charge in [-0.3, -0.25) is 23.3 Å². The van der Waals surface area contributed by atoms with Gasteiger partial charge in [0.25, 0.3) is 0 Å². The maximum Gasteiger partial charge on any atom is 0.330 e. The van der Waals surface area contributed by atoms with Crippen LogP contribution in [0.2, 0.25) is 0 Å². The maximum atomic E-state index is 12.1. The van der Waals surface area contributed by atoms with Crippen molar-refractivity contribution in [2.45, 2.75) is 139 Å². The standard InChI is InChI=1S/C11H24NO4P.C11H24NO3PS.C9H20NO3PS.C7H14BrNO/c1-4-11(13)12-9-7-8-10-17(14,15-5-2)16-6-3;1-4-11(17)12-9-7-8-10-16(13,14-5-2)15-6-3;1-3-9(15)10-7-5-6-8-14(11,12)13-4-2;1-2-7(10)9-6-4-3-5-8/h4-10H2,1-3H3,(H,12,13);4-10H2,1-3H3,(H,12,17);3-8H2,1-2H3,(H,10,15)(H,11,12);2-6H2,1H3,(H,9,10). The van der Waals surface area contributed by atoms with Crippen LogP contribution in [0.1, 0.15) is 139 Å². The second-order valence-corrected chi connectivity index (χ2v) is 20.6. The first-order valence-electron chi connectivity index (χ1n) is 21.3. The molecule has 354 valence electrons. The molecule has 1 atom stereocenters. The Hall–Kier alpha value is -0.350. The third kappa shape index (κ3) is 48.5. The summed E-state index contributed by atoms with van der Waals surface area (Å²) in [6, 6.07) is 0. The van der Waals surface area contributed by atoms with Gasteiger partial charge < -0.3 is 48.8 Å². The Morgan fingerprint density at radius 1 is 0.475 bits per heavy atom. The van der Waals surface area contributed by atoms with Gasteiger partial charge in [-0.05, 0) is 98.8 Å². The van der Waals surface area contributed by atoms with Crippen LogP contribution in [0.3, 0.4) is 0 Å². The van der Waals surface area contributed by atoms with Gasteiger partial charge >= 0.3 is 22.8 Å². The zero-order valence-electron chi connectivity index (χ0n) is 37.7. The van der Waals surface area contributed by atoms with Crippen molar-refractivity contribution in [2.24, 2.45) is 0 Å². The van der Waals surface area contributed by atoms with Crippen molar-refractivity contribution in [1.29, 1.82) is 0 Å². The second kappa shape index (κ2) is 45.7. The Labute approximate surface area is 377 Å². The zero-order valence-corrected chi connectivity index (χ0v) is 43.6. The minimum Gasteiger partial charge on any atom is -0.380 e. The van der Waals surface area contributed by atoms with E-state index in [9.17, 15) is 28.2 Å². The van der Waals surface area contributed by atoms with Crippen LogP contribution in [0.4, 0.5) is 0 Å². The fourth-order valence-electron chi connectivity index (χ4n) is 4.31. The number of alkyl halides is 1. The van der Waals surface area contributed by atoms with Gasteiger partial charge in [0.2, 0.25) is 11.8 Å². The summed E-state index contributed by atoms with van der Waals surface area (Å²) in [7, 11) is -9.08. The quantitative estimate of drug-likeness (QED) is 0.0180. The summed E-state index contributed by atoms with van der Waals surface area (Å²) in [4.78, 5) is 32.6. The van der Waals surface area contributed by atoms with Gasteiger partial charge in [-0.1, -0.05) is 68.1 Å². The molecule has 15 nitrogen and oxygen atoms in total. The molecule has 0 spiro atoms. The van der Waals surface area contributed by atoms with Gasteiger partial charge in [0.05, 0.1) is 61.5 Å². The number of thiocarbonyl (C=S) groups is 2. The molecule has 0 aliphatic carbocycles. The number of halogens is 1. The first kappa shape index (κ1) is 65.3. The van der Waals surface area contributed by atoms with Crippen molar-refractivity contribution in [3.63, 3.8) is 0 Å². The van der Waals surface area contributed by atoms with Crippen molar-refractivity contribution in [1.82, 2.24) is 21.3 Å². The number of carbonyl (C=O) groups excluding carboxylic acids is 2. The molecular formula is C38H82BrN4O11P3S2. The summed E-state index contributed by atoms with van der Waals surface area (Å²) >= 11 is 13.3. The Bertz CT molecular complexity index is 1130. The highest BCUT2D eigenvalue weighted by atomic mass is 79.9. The maximum absolute atomic E-state index is 12.1. The van der Waals surface area contributed by atoms with Crippen molar-refractivity contribution in [2.75, 3.05) is 83.0 Å². The van der Waals surface area contributed by atoms with Gasteiger partial charge in [-0.15, -0.1) is 0 Å². The third-order valence-corrected chi connectivity index (χ3v) is 14.7. The van der Waals surface area contributed by atoms with E-state index in [1.54, 1.807) is 20.8 Å². The fraction of sp³-hybridized carbons (Fsp3) is 0.895. The van der Waals surface area contributed by atoms with Gasteiger partial charge in [0.15, 0.2) is 0 Å². The van der Waals surface area contributed by atoms with Gasteiger partial charge in [-0.2, -0.15) is 0 Å². The van der Waals surface area contributed by atoms with Crippen molar-refractivity contribution in [3.05, 3.63) is 0 Å². The van der Waals surface area contributed by atoms with E-state index in [1.165, 1.54) is 0 Å². The number of hydrogen-bond donors (Lipinski definition) is 5. The molecule has 2 amide bonds. The monoisotopic (exact) mass is 1010 g/mol. The van der Waals surface area contributed by atoms with Crippen LogP contribution < -0.4 is 21.3 Å². The molecule has 59 heavy (non-hydrogen) atoms. The Morgan fingerprint density at radius 3 is 1.07 bits per heavy atom. The number of hydrogen-bond acceptors (Lipinski definition) is 12. The largest absolute Gasteiger partial charge is 0.380 e. The average molecular weight is 1010 g/mol. The van der Waals surface area contributed by atoms with Crippen LogP contribution >= 0.6 is 63.2 Å². The molecular weight excluding hydrogens is 925 g/mol. The van der Waals surface area contributed by atoms with Crippen LogP contribution in [0.25, 0.3) is 0 Å². The van der Waals surface area contributed by atoms with E-state index in [0.717, 1.165) is 92.7 Å². The SMILES string of the molecule is CCC(=O)NCCCCBr.CCOP(=O)(CCCCNC(=O)CC)OCC.CCOP(=O)(CCCCNC(=S)CC)OCC.CCOP(=O)(O)CCCCNC(=S)CC. The molecule has 0 bridgehead atoms. The van der Waals surface area contributed by atoms with Crippen molar-refractivity contribution in [3.8, 4) is 0 Å². The van der Waals surface area contributed by atoms with Gasteiger partial charge in [0, 0.05) is 44.4 Å². The summed E-state index contributed by atoms with van der Waals surface area (Å²) in [6.45, 7) is 21.6. The first-order valence-corrected chi connectivity index (χ1v) is 28.5. The van der Waals surface area contributed by atoms with Crippen LogP contribution in [0.15, 0.2) is 0 Å². The summed E-state index contributed by atoms with van der Waals surface area (Å²) in [5.74, 6) is 0.192. The molecule has 0 aromatic carbocycles. The molecule has 0 fully saturated rings. The van der Waals surface area contributed by atoms with E-state index in [1.807, 2.05) is 41.5 Å². The highest BCUT2D eigenvalue weighted by Gasteiger charge is 2.23. The Balaban J connectivity index is -0.000000348. The molecule has 21 heteroatoms. The predicted molar refractivity (Wildman–Crippen MR) is 257 cm³/mol. The summed E-state index contributed by atoms with van der Waals surface area (Å²) in [5, 5.41) is 12.8. The number of rotatable bonds is 33. The van der Waals surface area contributed by atoms with E-state index >= 15 is 0 Å². The molecule has 0 aromatic rings. The lowest BCUT2D eigenvalue weighted by molar-refractivity contribution is -0.121. The minimum atomic E-state index is -3.32. The Kier molecular flexibility index (Phi) is 50.5. The van der Waals surface area contributed by atoms with E-state index in [-0.39, 0.29) is 24.6 Å². The molecule has 0 saturated heterocycles. The number of carbonyl (C=O) groups is 2. The van der Waals surface area contributed by atoms with Crippen molar-refractivity contribution >= 4 is 84.9 Å². The average Bonchev–Trinajstić information content (AvgIpc) is 3.19. The lowest BCUT2D eigenvalue weighted by Gasteiger charge is -2.16. The van der Waals surface area contributed by atoms with Crippen LogP contribution in [-0.4, -0.2) is 110 Å². The normalized spacial score (nSPS) is 11.9. The number of amides is 2. The van der Waals surface area contributed by atoms with E-state index < -0.39 is 22.8 Å². The molecule has 0 aliphatic heterocycles. The summed E-state index contributed by atoms with van der Waals surface area (Å²) < 4.78 is 60.8. The number of unbranched alkanes of at least 4 members (excludes halogenated alkanes) is 4. The van der Waals surface area contributed by atoms with Crippen LogP contribution in [-0.2, 0) is 45.9 Å². The molecule has 0 aliphatic rings. The predicted octanol–water partition coefficient (Wildman–Crippen LogP) is 9.92. The second-order valence-electron chi connectivity index (χ2n) is 12.5.